The van der Waals surface area contributed by atoms with Gasteiger partial charge in [0.25, 0.3) is 0 Å². The maximum absolute atomic E-state index is 9.57. The lowest BCUT2D eigenvalue weighted by Crippen LogP contribution is -2.41. The summed E-state index contributed by atoms with van der Waals surface area (Å²) in [6.07, 6.45) is 2.20. The first-order valence-electron chi connectivity index (χ1n) is 6.79. The number of nitrogens with zero attached hydrogens (tertiary/aromatic N) is 1. The van der Waals surface area contributed by atoms with Gasteiger partial charge in [-0.15, -0.1) is 0 Å². The van der Waals surface area contributed by atoms with Gasteiger partial charge < -0.3 is 14.7 Å². The fourth-order valence-electron chi connectivity index (χ4n) is 2.32. The lowest BCUT2D eigenvalue weighted by atomic mass is 9.85. The van der Waals surface area contributed by atoms with Crippen LogP contribution in [0.25, 0.3) is 0 Å². The van der Waals surface area contributed by atoms with Crippen LogP contribution < -0.4 is 0 Å². The zero-order valence-electron chi connectivity index (χ0n) is 12.3. The van der Waals surface area contributed by atoms with Gasteiger partial charge in [-0.05, 0) is 12.3 Å². The van der Waals surface area contributed by atoms with Gasteiger partial charge in [0.2, 0.25) is 0 Å². The fraction of sp³-hybridized carbons (Fsp3) is 1.00. The van der Waals surface area contributed by atoms with E-state index in [0.29, 0.717) is 5.92 Å². The highest BCUT2D eigenvalue weighted by Gasteiger charge is 2.25. The molecular weight excluding hydrogens is 214 g/mol. The largest absolute Gasteiger partial charge is 0.396 e. The lowest BCUT2D eigenvalue weighted by molar-refractivity contribution is 0.0591. The summed E-state index contributed by atoms with van der Waals surface area (Å²) in [4.78, 5) is 2.42. The average molecular weight is 245 g/mol. The van der Waals surface area contributed by atoms with Crippen molar-refractivity contribution in [3.8, 4) is 0 Å². The van der Waals surface area contributed by atoms with Gasteiger partial charge in [-0.3, -0.25) is 0 Å². The zero-order valence-corrected chi connectivity index (χ0v) is 12.3. The number of rotatable bonds is 10. The summed E-state index contributed by atoms with van der Waals surface area (Å²) >= 11 is 0. The SMILES string of the molecule is CCCC(C)(CO)CN(CCOC)CC(C)C. The van der Waals surface area contributed by atoms with Crippen molar-refractivity contribution >= 4 is 0 Å². The Bertz CT molecular complexity index is 185. The molecule has 0 aliphatic carbocycles. The van der Waals surface area contributed by atoms with Crippen LogP contribution in [0.3, 0.4) is 0 Å². The minimum Gasteiger partial charge on any atom is -0.396 e. The topological polar surface area (TPSA) is 32.7 Å². The molecule has 17 heavy (non-hydrogen) atoms. The maximum atomic E-state index is 9.57. The van der Waals surface area contributed by atoms with Crippen LogP contribution >= 0.6 is 0 Å². The van der Waals surface area contributed by atoms with E-state index in [-0.39, 0.29) is 12.0 Å². The van der Waals surface area contributed by atoms with E-state index in [1.807, 2.05) is 0 Å². The molecule has 0 saturated carbocycles. The first-order valence-corrected chi connectivity index (χ1v) is 6.79. The number of methoxy groups -OCH3 is 1. The van der Waals surface area contributed by atoms with Gasteiger partial charge in [-0.1, -0.05) is 34.1 Å². The van der Waals surface area contributed by atoms with E-state index in [9.17, 15) is 5.11 Å². The van der Waals surface area contributed by atoms with Gasteiger partial charge in [0, 0.05) is 38.8 Å². The van der Waals surface area contributed by atoms with Crippen LogP contribution in [0.2, 0.25) is 0 Å². The molecule has 0 aliphatic heterocycles. The maximum Gasteiger partial charge on any atom is 0.0589 e. The first-order chi connectivity index (χ1) is 7.97. The summed E-state index contributed by atoms with van der Waals surface area (Å²) < 4.78 is 5.16. The molecule has 1 atom stereocenters. The van der Waals surface area contributed by atoms with E-state index in [1.165, 1.54) is 0 Å². The molecule has 0 aromatic carbocycles. The molecule has 3 nitrogen and oxygen atoms in total. The zero-order chi connectivity index (χ0) is 13.3. The highest BCUT2D eigenvalue weighted by molar-refractivity contribution is 4.78. The molecule has 1 N–H and O–H groups in total. The smallest absolute Gasteiger partial charge is 0.0589 e. The Balaban J connectivity index is 4.35. The average Bonchev–Trinajstić information content (AvgIpc) is 2.25. The van der Waals surface area contributed by atoms with Crippen LogP contribution in [0.1, 0.15) is 40.5 Å². The normalized spacial score (nSPS) is 15.5. The second-order valence-corrected chi connectivity index (χ2v) is 5.84. The van der Waals surface area contributed by atoms with Gasteiger partial charge in [0.1, 0.15) is 0 Å². The Labute approximate surface area is 107 Å². The Morgan fingerprint density at radius 2 is 2.00 bits per heavy atom. The van der Waals surface area contributed by atoms with Crippen molar-refractivity contribution in [3.63, 3.8) is 0 Å². The third-order valence-electron chi connectivity index (χ3n) is 3.08. The molecule has 0 radical (unpaired) electrons. The van der Waals surface area contributed by atoms with Crippen LogP contribution in [0.15, 0.2) is 0 Å². The standard InChI is InChI=1S/C14H31NO2/c1-6-7-14(4,12-16)11-15(8-9-17-5)10-13(2)3/h13,16H,6-12H2,1-5H3. The molecule has 104 valence electrons. The van der Waals surface area contributed by atoms with Gasteiger partial charge in [-0.25, -0.2) is 0 Å². The summed E-state index contributed by atoms with van der Waals surface area (Å²) in [6.45, 7) is 12.8. The van der Waals surface area contributed by atoms with E-state index in [0.717, 1.165) is 39.1 Å². The summed E-state index contributed by atoms with van der Waals surface area (Å²) in [5.74, 6) is 0.649. The molecule has 0 aromatic rings. The van der Waals surface area contributed by atoms with E-state index < -0.39 is 0 Å². The molecule has 0 fully saturated rings. The van der Waals surface area contributed by atoms with Gasteiger partial charge in [0.15, 0.2) is 0 Å². The van der Waals surface area contributed by atoms with Crippen LogP contribution in [0.4, 0.5) is 0 Å². The number of aliphatic hydroxyl groups is 1. The van der Waals surface area contributed by atoms with E-state index in [2.05, 4.69) is 32.6 Å². The summed E-state index contributed by atoms with van der Waals surface area (Å²) in [5, 5.41) is 9.57. The number of ether oxygens (including phenoxy) is 1. The molecule has 0 aromatic heterocycles. The molecule has 0 aliphatic rings. The molecule has 0 heterocycles. The van der Waals surface area contributed by atoms with Crippen molar-refractivity contribution in [1.29, 1.82) is 0 Å². The highest BCUT2D eigenvalue weighted by atomic mass is 16.5. The van der Waals surface area contributed by atoms with Crippen molar-refractivity contribution in [1.82, 2.24) is 4.90 Å². The van der Waals surface area contributed by atoms with Crippen LogP contribution in [0.5, 0.6) is 0 Å². The Kier molecular flexibility index (Phi) is 8.83. The van der Waals surface area contributed by atoms with Crippen LogP contribution in [-0.4, -0.2) is 50.0 Å². The molecule has 0 amide bonds. The Morgan fingerprint density at radius 3 is 2.41 bits per heavy atom. The molecule has 3 heteroatoms. The van der Waals surface area contributed by atoms with Crippen LogP contribution in [0, 0.1) is 11.3 Å². The molecule has 0 bridgehead atoms. The predicted molar refractivity (Wildman–Crippen MR) is 73.3 cm³/mol. The van der Waals surface area contributed by atoms with Crippen molar-refractivity contribution in [2.45, 2.75) is 40.5 Å². The highest BCUT2D eigenvalue weighted by Crippen LogP contribution is 2.24. The van der Waals surface area contributed by atoms with Gasteiger partial charge in [-0.2, -0.15) is 0 Å². The predicted octanol–water partition coefficient (Wildman–Crippen LogP) is 2.39. The Morgan fingerprint density at radius 1 is 1.35 bits per heavy atom. The summed E-state index contributed by atoms with van der Waals surface area (Å²) in [6, 6.07) is 0. The second kappa shape index (κ2) is 8.90. The molecule has 1 unspecified atom stereocenters. The quantitative estimate of drug-likeness (QED) is 0.641. The van der Waals surface area contributed by atoms with E-state index >= 15 is 0 Å². The monoisotopic (exact) mass is 245 g/mol. The van der Waals surface area contributed by atoms with Gasteiger partial charge >= 0.3 is 0 Å². The molecule has 0 spiro atoms. The fourth-order valence-corrected chi connectivity index (χ4v) is 2.32. The van der Waals surface area contributed by atoms with Crippen molar-refractivity contribution < 1.29 is 9.84 Å². The lowest BCUT2D eigenvalue weighted by Gasteiger charge is -2.35. The minimum absolute atomic E-state index is 0.0252. The number of hydrogen-bond acceptors (Lipinski definition) is 3. The third-order valence-corrected chi connectivity index (χ3v) is 3.08. The Hall–Kier alpha value is -0.120. The summed E-state index contributed by atoms with van der Waals surface area (Å²) in [7, 11) is 1.74. The first kappa shape index (κ1) is 16.9. The minimum atomic E-state index is 0.0252. The van der Waals surface area contributed by atoms with Crippen molar-refractivity contribution in [2.75, 3.05) is 40.0 Å². The van der Waals surface area contributed by atoms with Crippen LogP contribution in [-0.2, 0) is 4.74 Å². The molecular formula is C14H31NO2. The molecule has 0 saturated heterocycles. The van der Waals surface area contributed by atoms with E-state index in [1.54, 1.807) is 7.11 Å². The molecule has 0 rings (SSSR count). The van der Waals surface area contributed by atoms with Crippen molar-refractivity contribution in [2.24, 2.45) is 11.3 Å². The van der Waals surface area contributed by atoms with E-state index in [4.69, 9.17) is 4.74 Å². The van der Waals surface area contributed by atoms with Crippen molar-refractivity contribution in [3.05, 3.63) is 0 Å². The van der Waals surface area contributed by atoms with Gasteiger partial charge in [0.05, 0.1) is 6.61 Å². The number of hydrogen-bond donors (Lipinski definition) is 1. The third kappa shape index (κ3) is 7.74. The number of aliphatic hydroxyl groups excluding tert-OH is 1. The second-order valence-electron chi connectivity index (χ2n) is 5.84. The summed E-state index contributed by atoms with van der Waals surface area (Å²) in [5.41, 5.74) is 0.0252.